The number of benzene rings is 1. The molecule has 3 nitrogen and oxygen atoms in total. The van der Waals surface area contributed by atoms with Gasteiger partial charge in [0.05, 0.1) is 11.6 Å². The highest BCUT2D eigenvalue weighted by Crippen LogP contribution is 2.40. The molecule has 1 aliphatic heterocycles. The number of thioether (sulfide) groups is 1. The molecule has 0 unspecified atom stereocenters. The summed E-state index contributed by atoms with van der Waals surface area (Å²) < 4.78 is 32.3. The van der Waals surface area contributed by atoms with Gasteiger partial charge < -0.3 is 10.5 Å². The summed E-state index contributed by atoms with van der Waals surface area (Å²) in [5, 5.41) is 0.410. The van der Waals surface area contributed by atoms with E-state index in [0.717, 1.165) is 5.75 Å². The Morgan fingerprint density at radius 3 is 2.85 bits per heavy atom. The lowest BCUT2D eigenvalue weighted by atomic mass is 9.82. The number of nitrogens with zero attached hydrogens (tertiary/aromatic N) is 1. The molecule has 0 aliphatic carbocycles. The zero-order valence-electron chi connectivity index (χ0n) is 11.3. The molecule has 20 heavy (non-hydrogen) atoms. The number of aliphatic imine (C=N–C) groups is 1. The number of hydrogen-bond acceptors (Lipinski definition) is 4. The van der Waals surface area contributed by atoms with E-state index in [0.29, 0.717) is 17.2 Å². The van der Waals surface area contributed by atoms with Crippen LogP contribution in [0.25, 0.3) is 0 Å². The monoisotopic (exact) mass is 300 g/mol. The van der Waals surface area contributed by atoms with E-state index in [4.69, 9.17) is 10.5 Å². The van der Waals surface area contributed by atoms with Gasteiger partial charge in [0, 0.05) is 24.8 Å². The van der Waals surface area contributed by atoms with Gasteiger partial charge in [-0.05, 0) is 12.5 Å². The average Bonchev–Trinajstić information content (AvgIpc) is 2.45. The van der Waals surface area contributed by atoms with Crippen molar-refractivity contribution in [1.29, 1.82) is 0 Å². The number of methoxy groups -OCH3 is 1. The van der Waals surface area contributed by atoms with E-state index in [1.807, 2.05) is 0 Å². The molecule has 6 heteroatoms. The van der Waals surface area contributed by atoms with Crippen LogP contribution in [0.1, 0.15) is 18.4 Å². The Bertz CT molecular complexity index is 494. The average molecular weight is 300 g/mol. The van der Waals surface area contributed by atoms with Gasteiger partial charge in [-0.1, -0.05) is 30.0 Å². The summed E-state index contributed by atoms with van der Waals surface area (Å²) >= 11 is 1.43. The topological polar surface area (TPSA) is 47.6 Å². The van der Waals surface area contributed by atoms with Gasteiger partial charge in [-0.25, -0.2) is 8.78 Å². The van der Waals surface area contributed by atoms with E-state index in [-0.39, 0.29) is 12.2 Å². The molecule has 0 saturated carbocycles. The van der Waals surface area contributed by atoms with E-state index < -0.39 is 18.3 Å². The van der Waals surface area contributed by atoms with Gasteiger partial charge >= 0.3 is 0 Å². The van der Waals surface area contributed by atoms with E-state index in [1.165, 1.54) is 24.9 Å². The Balaban J connectivity index is 2.44. The first-order valence-electron chi connectivity index (χ1n) is 6.43. The Morgan fingerprint density at radius 2 is 2.25 bits per heavy atom. The minimum atomic E-state index is -0.840. The molecule has 1 aliphatic rings. The van der Waals surface area contributed by atoms with Crippen LogP contribution in [0.2, 0.25) is 0 Å². The fraction of sp³-hybridized carbons (Fsp3) is 0.500. The number of hydrogen-bond donors (Lipinski definition) is 1. The molecule has 0 radical (unpaired) electrons. The third-order valence-electron chi connectivity index (χ3n) is 3.54. The van der Waals surface area contributed by atoms with Crippen molar-refractivity contribution in [3.63, 3.8) is 0 Å². The zero-order chi connectivity index (χ0) is 14.6. The lowest BCUT2D eigenvalue weighted by Gasteiger charge is -2.35. The smallest absolute Gasteiger partial charge is 0.154 e. The van der Waals surface area contributed by atoms with E-state index in [2.05, 4.69) is 4.99 Å². The number of alkyl halides is 1. The highest BCUT2D eigenvalue weighted by molar-refractivity contribution is 8.13. The first-order valence-corrected chi connectivity index (χ1v) is 7.42. The third kappa shape index (κ3) is 3.12. The Kier molecular flexibility index (Phi) is 4.99. The molecule has 0 amide bonds. The first kappa shape index (κ1) is 15.3. The van der Waals surface area contributed by atoms with Crippen LogP contribution >= 0.6 is 11.8 Å². The molecule has 0 spiro atoms. The van der Waals surface area contributed by atoms with Crippen LogP contribution in [0, 0.1) is 5.82 Å². The molecule has 1 aromatic carbocycles. The van der Waals surface area contributed by atoms with Crippen molar-refractivity contribution in [1.82, 2.24) is 0 Å². The maximum absolute atomic E-state index is 14.2. The largest absolute Gasteiger partial charge is 0.379 e. The molecule has 2 atom stereocenters. The Morgan fingerprint density at radius 1 is 1.50 bits per heavy atom. The quantitative estimate of drug-likeness (QED) is 0.909. The number of nitrogens with two attached hydrogens (primary N) is 1. The summed E-state index contributed by atoms with van der Waals surface area (Å²) in [4.78, 5) is 4.45. The van der Waals surface area contributed by atoms with Crippen LogP contribution in [0.3, 0.4) is 0 Å². The van der Waals surface area contributed by atoms with Crippen molar-refractivity contribution < 1.29 is 13.5 Å². The predicted molar refractivity (Wildman–Crippen MR) is 78.2 cm³/mol. The van der Waals surface area contributed by atoms with E-state index in [1.54, 1.807) is 18.2 Å². The number of amidine groups is 1. The first-order chi connectivity index (χ1) is 9.61. The molecule has 1 aromatic rings. The van der Waals surface area contributed by atoms with Gasteiger partial charge in [0.2, 0.25) is 0 Å². The summed E-state index contributed by atoms with van der Waals surface area (Å²) in [7, 11) is 1.45. The summed E-state index contributed by atoms with van der Waals surface area (Å²) in [6, 6.07) is 6.46. The van der Waals surface area contributed by atoms with Crippen LogP contribution in [-0.4, -0.2) is 30.8 Å². The molecule has 110 valence electrons. The van der Waals surface area contributed by atoms with Crippen LogP contribution < -0.4 is 5.73 Å². The van der Waals surface area contributed by atoms with Gasteiger partial charge in [-0.3, -0.25) is 4.99 Å². The molecule has 2 N–H and O–H groups in total. The van der Waals surface area contributed by atoms with Gasteiger partial charge in [0.1, 0.15) is 12.5 Å². The lowest BCUT2D eigenvalue weighted by molar-refractivity contribution is 0.0517. The Labute approximate surface area is 121 Å². The summed E-state index contributed by atoms with van der Waals surface area (Å²) in [5.74, 6) is 0.386. The fourth-order valence-corrected chi connectivity index (χ4v) is 3.38. The van der Waals surface area contributed by atoms with Gasteiger partial charge in [0.15, 0.2) is 5.17 Å². The summed E-state index contributed by atoms with van der Waals surface area (Å²) in [6.45, 7) is -0.630. The van der Waals surface area contributed by atoms with Crippen molar-refractivity contribution >= 4 is 16.9 Å². The van der Waals surface area contributed by atoms with E-state index in [9.17, 15) is 8.78 Å². The SMILES string of the molecule is CO[C@@H](CF)C[C@@]1(c2ccccc2F)CCSC(N)=N1. The lowest BCUT2D eigenvalue weighted by Crippen LogP contribution is -2.37. The minimum absolute atomic E-state index is 0.280. The molecule has 0 bridgehead atoms. The standard InChI is InChI=1S/C14H18F2N2OS/c1-19-10(9-15)8-14(6-7-20-13(17)18-14)11-4-2-3-5-12(11)16/h2-5,10H,6-9H2,1H3,(H2,17,18)/t10-,14-/m1/s1. The summed E-state index contributed by atoms with van der Waals surface area (Å²) in [6.07, 6.45) is 0.274. The van der Waals surface area contributed by atoms with E-state index >= 15 is 0 Å². The summed E-state index contributed by atoms with van der Waals surface area (Å²) in [5.41, 5.74) is 5.43. The normalized spacial score (nSPS) is 24.2. The van der Waals surface area contributed by atoms with Crippen LogP contribution in [0.5, 0.6) is 0 Å². The fourth-order valence-electron chi connectivity index (χ4n) is 2.49. The number of halogens is 2. The molecule has 0 saturated heterocycles. The van der Waals surface area contributed by atoms with Crippen molar-refractivity contribution in [2.24, 2.45) is 10.7 Å². The molecule has 0 aromatic heterocycles. The zero-order valence-corrected chi connectivity index (χ0v) is 12.1. The highest BCUT2D eigenvalue weighted by atomic mass is 32.2. The molecule has 2 rings (SSSR count). The molecular formula is C14H18F2N2OS. The van der Waals surface area contributed by atoms with Crippen LogP contribution in [0.15, 0.2) is 29.3 Å². The predicted octanol–water partition coefficient (Wildman–Crippen LogP) is 2.85. The second kappa shape index (κ2) is 6.54. The second-order valence-electron chi connectivity index (χ2n) is 4.78. The van der Waals surface area contributed by atoms with Crippen LogP contribution in [0.4, 0.5) is 8.78 Å². The van der Waals surface area contributed by atoms with Crippen molar-refractivity contribution in [3.05, 3.63) is 35.6 Å². The minimum Gasteiger partial charge on any atom is -0.379 e. The number of rotatable bonds is 5. The van der Waals surface area contributed by atoms with Gasteiger partial charge in [-0.15, -0.1) is 0 Å². The van der Waals surface area contributed by atoms with Gasteiger partial charge in [-0.2, -0.15) is 0 Å². The van der Waals surface area contributed by atoms with Crippen molar-refractivity contribution in [2.45, 2.75) is 24.5 Å². The second-order valence-corrected chi connectivity index (χ2v) is 5.89. The van der Waals surface area contributed by atoms with Crippen molar-refractivity contribution in [3.8, 4) is 0 Å². The molecule has 0 fully saturated rings. The highest BCUT2D eigenvalue weighted by Gasteiger charge is 2.39. The van der Waals surface area contributed by atoms with Crippen LogP contribution in [-0.2, 0) is 10.3 Å². The molecular weight excluding hydrogens is 282 g/mol. The van der Waals surface area contributed by atoms with Crippen molar-refractivity contribution in [2.75, 3.05) is 19.5 Å². The number of ether oxygens (including phenoxy) is 1. The third-order valence-corrected chi connectivity index (χ3v) is 4.33. The molecule has 1 heterocycles. The maximum atomic E-state index is 14.2. The van der Waals surface area contributed by atoms with Gasteiger partial charge in [0.25, 0.3) is 0 Å². The Hall–Kier alpha value is -1.14. The maximum Gasteiger partial charge on any atom is 0.154 e.